The van der Waals surface area contributed by atoms with Gasteiger partial charge >= 0.3 is 0 Å². The van der Waals surface area contributed by atoms with Crippen molar-refractivity contribution >= 4 is 16.1 Å². The highest BCUT2D eigenvalue weighted by Crippen LogP contribution is 1.92. The molecule has 0 bridgehead atoms. The quantitative estimate of drug-likeness (QED) is 0.513. The second-order valence-corrected chi connectivity index (χ2v) is 4.43. The van der Waals surface area contributed by atoms with Crippen LogP contribution < -0.4 is 0 Å². The van der Waals surface area contributed by atoms with Crippen LogP contribution in [0.1, 0.15) is 26.7 Å². The molecule has 16 heavy (non-hydrogen) atoms. The highest BCUT2D eigenvalue weighted by Gasteiger charge is 1.91. The van der Waals surface area contributed by atoms with E-state index in [9.17, 15) is 8.42 Å². The van der Waals surface area contributed by atoms with Crippen LogP contribution in [0, 0.1) is 0 Å². The second-order valence-electron chi connectivity index (χ2n) is 2.97. The van der Waals surface area contributed by atoms with Crippen molar-refractivity contribution in [3.8, 4) is 0 Å². The maximum absolute atomic E-state index is 9.19. The second kappa shape index (κ2) is 12.4. The van der Waals surface area contributed by atoms with Gasteiger partial charge in [0.25, 0.3) is 16.1 Å². The van der Waals surface area contributed by atoms with Gasteiger partial charge in [-0.15, -0.1) is 0 Å². The first-order valence-electron chi connectivity index (χ1n) is 4.41. The van der Waals surface area contributed by atoms with Crippen molar-refractivity contribution in [2.24, 2.45) is 0 Å². The smallest absolute Gasteiger partial charge is 0.300 e. The van der Waals surface area contributed by atoms with E-state index >= 15 is 0 Å². The van der Waals surface area contributed by atoms with E-state index in [2.05, 4.69) is 0 Å². The SMILES string of the molecule is CC(=O)O.CC(O)CCCO.CS(=O)(=O)O. The first-order valence-corrected chi connectivity index (χ1v) is 6.26. The van der Waals surface area contributed by atoms with Crippen LogP contribution in [0.2, 0.25) is 0 Å². The summed E-state index contributed by atoms with van der Waals surface area (Å²) in [6.45, 7) is 2.99. The molecule has 0 aromatic carbocycles. The lowest BCUT2D eigenvalue weighted by Gasteiger charge is -1.98. The number of carbonyl (C=O) groups is 1. The molecule has 4 N–H and O–H groups in total. The van der Waals surface area contributed by atoms with Gasteiger partial charge in [-0.05, 0) is 19.8 Å². The van der Waals surface area contributed by atoms with Crippen molar-refractivity contribution in [2.75, 3.05) is 12.9 Å². The number of aliphatic carboxylic acids is 1. The van der Waals surface area contributed by atoms with Crippen LogP contribution >= 0.6 is 0 Å². The van der Waals surface area contributed by atoms with Gasteiger partial charge in [-0.2, -0.15) is 8.42 Å². The zero-order valence-electron chi connectivity index (χ0n) is 9.62. The Labute approximate surface area is 95.5 Å². The van der Waals surface area contributed by atoms with E-state index in [0.717, 1.165) is 6.92 Å². The summed E-state index contributed by atoms with van der Waals surface area (Å²) in [6, 6.07) is 0. The lowest BCUT2D eigenvalue weighted by Crippen LogP contribution is -1.99. The molecule has 0 spiro atoms. The topological polar surface area (TPSA) is 132 Å². The normalized spacial score (nSPS) is 11.4. The fourth-order valence-electron chi connectivity index (χ4n) is 0.387. The third-order valence-corrected chi connectivity index (χ3v) is 0.780. The van der Waals surface area contributed by atoms with E-state index in [1.165, 1.54) is 0 Å². The summed E-state index contributed by atoms with van der Waals surface area (Å²) in [6.07, 6.45) is 1.87. The van der Waals surface area contributed by atoms with Crippen LogP contribution in [-0.4, -0.2) is 53.2 Å². The maximum Gasteiger partial charge on any atom is 0.300 e. The molecule has 0 aromatic rings. The molecule has 7 nitrogen and oxygen atoms in total. The Morgan fingerprint density at radius 3 is 1.69 bits per heavy atom. The Hall–Kier alpha value is -0.700. The summed E-state index contributed by atoms with van der Waals surface area (Å²) in [4.78, 5) is 9.00. The maximum atomic E-state index is 9.19. The summed E-state index contributed by atoms with van der Waals surface area (Å²) in [7, 11) is -3.67. The summed E-state index contributed by atoms with van der Waals surface area (Å²) < 4.78 is 25.9. The highest BCUT2D eigenvalue weighted by atomic mass is 32.2. The molecule has 0 fully saturated rings. The predicted octanol–water partition coefficient (Wildman–Crippen LogP) is -0.265. The van der Waals surface area contributed by atoms with Gasteiger partial charge < -0.3 is 15.3 Å². The monoisotopic (exact) mass is 260 g/mol. The molecule has 0 aliphatic carbocycles. The minimum Gasteiger partial charge on any atom is -0.481 e. The Kier molecular flexibility index (Phi) is 16.0. The van der Waals surface area contributed by atoms with Gasteiger partial charge in [0.15, 0.2) is 0 Å². The molecule has 100 valence electrons. The van der Waals surface area contributed by atoms with Crippen LogP contribution in [0.3, 0.4) is 0 Å². The lowest BCUT2D eigenvalue weighted by atomic mass is 10.2. The third-order valence-electron chi connectivity index (χ3n) is 0.780. The highest BCUT2D eigenvalue weighted by molar-refractivity contribution is 7.85. The van der Waals surface area contributed by atoms with E-state index < -0.39 is 16.1 Å². The number of carboxylic acids is 1. The zero-order valence-corrected chi connectivity index (χ0v) is 10.4. The summed E-state index contributed by atoms with van der Waals surface area (Å²) >= 11 is 0. The van der Waals surface area contributed by atoms with Crippen molar-refractivity contribution < 1.29 is 33.1 Å². The van der Waals surface area contributed by atoms with E-state index in [4.69, 9.17) is 24.7 Å². The number of hydrogen-bond acceptors (Lipinski definition) is 5. The van der Waals surface area contributed by atoms with Gasteiger partial charge in [0.1, 0.15) is 0 Å². The summed E-state index contributed by atoms with van der Waals surface area (Å²) in [5.74, 6) is -0.833. The molecule has 1 atom stereocenters. The first kappa shape index (κ1) is 20.7. The molecule has 0 aliphatic heterocycles. The molecule has 1 unspecified atom stereocenters. The molecular weight excluding hydrogens is 240 g/mol. The standard InChI is InChI=1S/C5H12O2.C2H4O2.CH4O3S/c1-5(7)3-2-4-6;1-2(3)4;1-5(2,3)4/h5-7H,2-4H2,1H3;1H3,(H,3,4);1H3,(H,2,3,4). The Morgan fingerprint density at radius 1 is 1.38 bits per heavy atom. The zero-order chi connectivity index (χ0) is 13.8. The number of hydrogen-bond donors (Lipinski definition) is 4. The van der Waals surface area contributed by atoms with Crippen LogP contribution in [0.5, 0.6) is 0 Å². The van der Waals surface area contributed by atoms with Crippen LogP contribution in [-0.2, 0) is 14.9 Å². The van der Waals surface area contributed by atoms with E-state index in [-0.39, 0.29) is 12.7 Å². The van der Waals surface area contributed by atoms with E-state index in [0.29, 0.717) is 19.1 Å². The molecule has 0 saturated heterocycles. The van der Waals surface area contributed by atoms with Crippen LogP contribution in [0.15, 0.2) is 0 Å². The van der Waals surface area contributed by atoms with E-state index in [1.54, 1.807) is 6.92 Å². The van der Waals surface area contributed by atoms with Crippen molar-refractivity contribution in [3.63, 3.8) is 0 Å². The van der Waals surface area contributed by atoms with Gasteiger partial charge in [0, 0.05) is 13.5 Å². The summed E-state index contributed by atoms with van der Waals surface area (Å²) in [5.41, 5.74) is 0. The lowest BCUT2D eigenvalue weighted by molar-refractivity contribution is -0.134. The number of rotatable bonds is 3. The summed E-state index contributed by atoms with van der Waals surface area (Å²) in [5, 5.41) is 24.2. The molecule has 8 heteroatoms. The molecule has 0 radical (unpaired) electrons. The molecule has 0 amide bonds. The molecule has 0 aliphatic rings. The molecule has 0 rings (SSSR count). The number of aliphatic hydroxyl groups is 2. The molecule has 0 saturated carbocycles. The van der Waals surface area contributed by atoms with Crippen molar-refractivity contribution in [1.82, 2.24) is 0 Å². The largest absolute Gasteiger partial charge is 0.481 e. The molecule has 0 aromatic heterocycles. The van der Waals surface area contributed by atoms with Crippen LogP contribution in [0.4, 0.5) is 0 Å². The van der Waals surface area contributed by atoms with Gasteiger partial charge in [0.05, 0.1) is 12.4 Å². The first-order chi connectivity index (χ1) is 7.00. The minimum atomic E-state index is -3.67. The third kappa shape index (κ3) is 185. The van der Waals surface area contributed by atoms with Crippen LogP contribution in [0.25, 0.3) is 0 Å². The van der Waals surface area contributed by atoms with Crippen molar-refractivity contribution in [3.05, 3.63) is 0 Å². The fraction of sp³-hybridized carbons (Fsp3) is 0.875. The van der Waals surface area contributed by atoms with Gasteiger partial charge in [-0.1, -0.05) is 0 Å². The van der Waals surface area contributed by atoms with Gasteiger partial charge in [-0.3, -0.25) is 9.35 Å². The Bertz CT molecular complexity index is 233. The van der Waals surface area contributed by atoms with Gasteiger partial charge in [0.2, 0.25) is 0 Å². The predicted molar refractivity (Wildman–Crippen MR) is 58.8 cm³/mol. The van der Waals surface area contributed by atoms with Gasteiger partial charge in [-0.25, -0.2) is 0 Å². The minimum absolute atomic E-state index is 0.185. The average Bonchev–Trinajstić information content (AvgIpc) is 1.96. The Balaban J connectivity index is -0.000000166. The molecule has 0 heterocycles. The number of carboxylic acid groups (broad SMARTS) is 1. The number of aliphatic hydroxyl groups excluding tert-OH is 2. The van der Waals surface area contributed by atoms with E-state index in [1.807, 2.05) is 0 Å². The average molecular weight is 260 g/mol. The fourth-order valence-corrected chi connectivity index (χ4v) is 0.387. The van der Waals surface area contributed by atoms with Crippen molar-refractivity contribution in [1.29, 1.82) is 0 Å². The van der Waals surface area contributed by atoms with Crippen molar-refractivity contribution in [2.45, 2.75) is 32.8 Å². The Morgan fingerprint density at radius 2 is 1.62 bits per heavy atom. The molecular formula is C8H20O7S.